The van der Waals surface area contributed by atoms with Gasteiger partial charge >= 0.3 is 0 Å². The number of hydrogen-bond donors (Lipinski definition) is 1. The molecule has 0 unspecified atom stereocenters. The molecular weight excluding hydrogens is 354 g/mol. The van der Waals surface area contributed by atoms with Crippen LogP contribution in [0.3, 0.4) is 0 Å². The normalized spacial score (nSPS) is 18.2. The molecule has 0 heterocycles. The quantitative estimate of drug-likeness (QED) is 0.433. The molecule has 5 nitrogen and oxygen atoms in total. The number of hydrogen-bond acceptors (Lipinski definition) is 4. The third kappa shape index (κ3) is 17.2. The Labute approximate surface area is 174 Å². The molecule has 0 saturated heterocycles. The zero-order valence-electron chi connectivity index (χ0n) is 19.5. The van der Waals surface area contributed by atoms with Gasteiger partial charge < -0.3 is 14.8 Å². The van der Waals surface area contributed by atoms with Gasteiger partial charge in [0.05, 0.1) is 0 Å². The minimum Gasteiger partial charge on any atom is -0.381 e. The predicted molar refractivity (Wildman–Crippen MR) is 118 cm³/mol. The van der Waals surface area contributed by atoms with Crippen molar-refractivity contribution in [2.45, 2.75) is 92.9 Å². The molecule has 0 atom stereocenters. The zero-order chi connectivity index (χ0) is 21.6. The highest BCUT2D eigenvalue weighted by molar-refractivity contribution is 5.80. The van der Waals surface area contributed by atoms with Crippen molar-refractivity contribution in [3.05, 3.63) is 0 Å². The van der Waals surface area contributed by atoms with Crippen molar-refractivity contribution in [3.63, 3.8) is 0 Å². The highest BCUT2D eigenvalue weighted by Crippen LogP contribution is 2.29. The Hall–Kier alpha value is -0.940. The Morgan fingerprint density at radius 3 is 1.89 bits per heavy atom. The Balaban J connectivity index is 0. The van der Waals surface area contributed by atoms with Crippen LogP contribution in [0.1, 0.15) is 92.9 Å². The lowest BCUT2D eigenvalue weighted by Gasteiger charge is -2.28. The molecule has 1 fully saturated rings. The fourth-order valence-corrected chi connectivity index (χ4v) is 3.04. The molecular formula is C23H47NO4. The summed E-state index contributed by atoms with van der Waals surface area (Å²) in [4.78, 5) is 22.7. The minimum absolute atomic E-state index is 0.0129. The zero-order valence-corrected chi connectivity index (χ0v) is 19.5. The molecule has 0 aliphatic heterocycles. The maximum Gasteiger partial charge on any atom is 0.220 e. The molecule has 0 radical (unpaired) electrons. The van der Waals surface area contributed by atoms with Crippen molar-refractivity contribution in [3.8, 4) is 0 Å². The summed E-state index contributed by atoms with van der Waals surface area (Å²) in [6.45, 7) is 15.5. The molecule has 1 saturated carbocycles. The van der Waals surface area contributed by atoms with Gasteiger partial charge in [-0.3, -0.25) is 9.59 Å². The van der Waals surface area contributed by atoms with E-state index in [0.29, 0.717) is 38.3 Å². The van der Waals surface area contributed by atoms with Gasteiger partial charge in [-0.2, -0.15) is 0 Å². The molecule has 0 aromatic rings. The van der Waals surface area contributed by atoms with Gasteiger partial charge in [0, 0.05) is 52.2 Å². The number of carbonyl (C=O) groups excluding carboxylic acids is 2. The monoisotopic (exact) mass is 401 g/mol. The maximum atomic E-state index is 11.6. The summed E-state index contributed by atoms with van der Waals surface area (Å²) < 4.78 is 11.2. The topological polar surface area (TPSA) is 64.6 Å². The molecule has 0 aromatic carbocycles. The molecule has 0 bridgehead atoms. The van der Waals surface area contributed by atoms with Gasteiger partial charge in [-0.15, -0.1) is 0 Å². The Morgan fingerprint density at radius 1 is 0.857 bits per heavy atom. The number of rotatable bonds is 13. The first kappa shape index (κ1) is 29.3. The van der Waals surface area contributed by atoms with E-state index in [-0.39, 0.29) is 11.7 Å². The Kier molecular flexibility index (Phi) is 23.4. The van der Waals surface area contributed by atoms with E-state index >= 15 is 0 Å². The molecule has 5 heteroatoms. The van der Waals surface area contributed by atoms with Crippen LogP contribution in [0, 0.1) is 11.8 Å². The van der Waals surface area contributed by atoms with Gasteiger partial charge in [-0.05, 0) is 50.9 Å². The van der Waals surface area contributed by atoms with Crippen LogP contribution in [0.5, 0.6) is 0 Å². The van der Waals surface area contributed by atoms with Crippen LogP contribution in [0.2, 0.25) is 0 Å². The van der Waals surface area contributed by atoms with Crippen LogP contribution in [-0.4, -0.2) is 44.7 Å². The van der Waals surface area contributed by atoms with E-state index in [1.165, 1.54) is 25.7 Å². The van der Waals surface area contributed by atoms with Crippen LogP contribution in [0.4, 0.5) is 0 Å². The average Bonchev–Trinajstić information content (AvgIpc) is 2.75. The first-order valence-corrected chi connectivity index (χ1v) is 11.6. The van der Waals surface area contributed by atoms with Crippen molar-refractivity contribution in [2.75, 3.05) is 33.0 Å². The maximum absolute atomic E-state index is 11.6. The van der Waals surface area contributed by atoms with Gasteiger partial charge in [0.15, 0.2) is 0 Å². The van der Waals surface area contributed by atoms with Gasteiger partial charge in [0.25, 0.3) is 0 Å². The molecule has 28 heavy (non-hydrogen) atoms. The van der Waals surface area contributed by atoms with Crippen molar-refractivity contribution >= 4 is 11.7 Å². The lowest BCUT2D eigenvalue weighted by atomic mass is 9.83. The highest BCUT2D eigenvalue weighted by atomic mass is 16.5. The third-order valence-electron chi connectivity index (χ3n) is 4.69. The minimum atomic E-state index is 0.0129. The molecule has 1 rings (SSSR count). The lowest BCUT2D eigenvalue weighted by Crippen LogP contribution is -2.26. The van der Waals surface area contributed by atoms with E-state index in [1.807, 2.05) is 41.5 Å². The van der Waals surface area contributed by atoms with Crippen molar-refractivity contribution < 1.29 is 19.1 Å². The number of carbonyl (C=O) groups is 2. The molecule has 1 amide bonds. The second-order valence-corrected chi connectivity index (χ2v) is 6.72. The first-order chi connectivity index (χ1) is 13.7. The van der Waals surface area contributed by atoms with E-state index < -0.39 is 0 Å². The van der Waals surface area contributed by atoms with E-state index in [0.717, 1.165) is 32.2 Å². The smallest absolute Gasteiger partial charge is 0.220 e. The summed E-state index contributed by atoms with van der Waals surface area (Å²) in [7, 11) is 0. The molecule has 0 spiro atoms. The fraction of sp³-hybridized carbons (Fsp3) is 0.913. The lowest BCUT2D eigenvalue weighted by molar-refractivity contribution is -0.121. The highest BCUT2D eigenvalue weighted by Gasteiger charge is 2.21. The summed E-state index contributed by atoms with van der Waals surface area (Å²) in [5.41, 5.74) is 0. The third-order valence-corrected chi connectivity index (χ3v) is 4.69. The summed E-state index contributed by atoms with van der Waals surface area (Å²) in [5.74, 6) is 1.59. The van der Waals surface area contributed by atoms with E-state index in [4.69, 9.17) is 9.47 Å². The van der Waals surface area contributed by atoms with E-state index in [1.54, 1.807) is 0 Å². The molecule has 1 aliphatic carbocycles. The molecule has 1 aliphatic rings. The SMILES string of the molecule is CC.CC.CCOCC1CCC(COCCCC(=O)NCCC(=O)CC)CC1. The van der Waals surface area contributed by atoms with Gasteiger partial charge in [0.1, 0.15) is 5.78 Å². The van der Waals surface area contributed by atoms with Crippen molar-refractivity contribution in [1.82, 2.24) is 5.32 Å². The Morgan fingerprint density at radius 2 is 1.39 bits per heavy atom. The summed E-state index contributed by atoms with van der Waals surface area (Å²) in [5, 5.41) is 2.78. The Bertz CT molecular complexity index is 353. The van der Waals surface area contributed by atoms with Gasteiger partial charge in [0.2, 0.25) is 5.91 Å². The number of nitrogens with one attached hydrogen (secondary N) is 1. The van der Waals surface area contributed by atoms with E-state index in [2.05, 4.69) is 5.32 Å². The number of ether oxygens (including phenoxy) is 2. The van der Waals surface area contributed by atoms with Gasteiger partial charge in [-0.1, -0.05) is 34.6 Å². The predicted octanol–water partition coefficient (Wildman–Crippen LogP) is 5.16. The van der Waals surface area contributed by atoms with Crippen LogP contribution >= 0.6 is 0 Å². The van der Waals surface area contributed by atoms with Crippen LogP contribution in [0.15, 0.2) is 0 Å². The van der Waals surface area contributed by atoms with E-state index in [9.17, 15) is 9.59 Å². The molecule has 0 aromatic heterocycles. The van der Waals surface area contributed by atoms with Gasteiger partial charge in [-0.25, -0.2) is 0 Å². The fourth-order valence-electron chi connectivity index (χ4n) is 3.04. The summed E-state index contributed by atoms with van der Waals surface area (Å²) >= 11 is 0. The number of amides is 1. The standard InChI is InChI=1S/C19H35NO4.2C2H6/c1-3-18(21)11-12-20-19(22)6-5-13-24-15-17-9-7-16(8-10-17)14-23-4-2;2*1-2/h16-17H,3-15H2,1-2H3,(H,20,22);2*1-2H3. The second-order valence-electron chi connectivity index (χ2n) is 6.72. The molecule has 1 N–H and O–H groups in total. The van der Waals surface area contributed by atoms with Crippen LogP contribution < -0.4 is 5.32 Å². The van der Waals surface area contributed by atoms with Crippen molar-refractivity contribution in [2.24, 2.45) is 11.8 Å². The average molecular weight is 402 g/mol. The largest absolute Gasteiger partial charge is 0.381 e. The van der Waals surface area contributed by atoms with Crippen molar-refractivity contribution in [1.29, 1.82) is 0 Å². The molecule has 168 valence electrons. The van der Waals surface area contributed by atoms with Crippen LogP contribution in [0.25, 0.3) is 0 Å². The number of ketones is 1. The second kappa shape index (κ2) is 22.4. The number of Topliss-reactive ketones (excluding diaryl/α,β-unsaturated/α-hetero) is 1. The van der Waals surface area contributed by atoms with Crippen LogP contribution in [-0.2, 0) is 19.1 Å². The summed E-state index contributed by atoms with van der Waals surface area (Å²) in [6, 6.07) is 0. The first-order valence-electron chi connectivity index (χ1n) is 11.6. The summed E-state index contributed by atoms with van der Waals surface area (Å²) in [6.07, 6.45) is 7.13.